The first-order valence-electron chi connectivity index (χ1n) is 14.5. The third-order valence-electron chi connectivity index (χ3n) is 7.03. The predicted octanol–water partition coefficient (Wildman–Crippen LogP) is 8.94. The van der Waals surface area contributed by atoms with Crippen molar-refractivity contribution in [3.63, 3.8) is 0 Å². The Labute approximate surface area is 295 Å². The van der Waals surface area contributed by atoms with Crippen LogP contribution < -0.4 is 4.31 Å². The lowest BCUT2D eigenvalue weighted by atomic mass is 10.2. The number of halogens is 2. The molecule has 0 amide bonds. The van der Waals surface area contributed by atoms with Gasteiger partial charge in [-0.25, -0.2) is 20.8 Å². The molecule has 0 saturated carbocycles. The third kappa shape index (κ3) is 9.13. The summed E-state index contributed by atoms with van der Waals surface area (Å²) < 4.78 is 67.4. The molecule has 0 bridgehead atoms. The summed E-state index contributed by atoms with van der Waals surface area (Å²) >= 11 is 6.93. The van der Waals surface area contributed by atoms with Gasteiger partial charge in [-0.3, -0.25) is 4.31 Å². The Morgan fingerprint density at radius 3 is 1.83 bits per heavy atom. The van der Waals surface area contributed by atoms with Crippen molar-refractivity contribution in [2.24, 2.45) is 0 Å². The van der Waals surface area contributed by atoms with E-state index in [1.165, 1.54) is 8.28 Å². The Balaban J connectivity index is 0.000000257. The van der Waals surface area contributed by atoms with E-state index in [1.807, 2.05) is 52.0 Å². The van der Waals surface area contributed by atoms with Crippen LogP contribution in [0.5, 0.6) is 0 Å². The number of anilines is 1. The molecular weight excluding hydrogens is 768 g/mol. The number of aromatic nitrogens is 1. The number of ether oxygens (including phenoxy) is 2. The van der Waals surface area contributed by atoms with Crippen molar-refractivity contribution in [2.45, 2.75) is 51.2 Å². The van der Waals surface area contributed by atoms with Crippen molar-refractivity contribution < 1.29 is 26.3 Å². The molecule has 0 aliphatic carbocycles. The maximum atomic E-state index is 13.3. The Hall–Kier alpha value is -3.00. The summed E-state index contributed by atoms with van der Waals surface area (Å²) in [4.78, 5) is 0.512. The number of hydrogen-bond acceptors (Lipinski definition) is 6. The van der Waals surface area contributed by atoms with Crippen LogP contribution in [-0.2, 0) is 29.5 Å². The standard InChI is InChI=1S/C19H24BrNO4S.C15H12BrNO2S.CH4/c1-4-24-19(25-5-2)14-21(16-12-11-15(3)18(20)13-16)26(22,23)17-9-7-6-8-10-17;1-11-9-12-7-8-17(15(12)10-14(11)16)20(18,19)13-5-3-2-4-6-13;/h6-13,19H,4-5,14H2,1-3H3;2-10H,1H3;1H4. The van der Waals surface area contributed by atoms with Gasteiger partial charge < -0.3 is 9.47 Å². The first-order valence-corrected chi connectivity index (χ1v) is 19.0. The lowest BCUT2D eigenvalue weighted by molar-refractivity contribution is -0.128. The minimum absolute atomic E-state index is 0. The molecule has 5 rings (SSSR count). The molecule has 0 radical (unpaired) electrons. The summed E-state index contributed by atoms with van der Waals surface area (Å²) in [6.45, 7) is 8.56. The number of hydrogen-bond donors (Lipinski definition) is 0. The van der Waals surface area contributed by atoms with Gasteiger partial charge in [0.05, 0.1) is 27.5 Å². The van der Waals surface area contributed by atoms with E-state index in [2.05, 4.69) is 31.9 Å². The van der Waals surface area contributed by atoms with Crippen LogP contribution >= 0.6 is 31.9 Å². The van der Waals surface area contributed by atoms with Crippen molar-refractivity contribution in [1.82, 2.24) is 3.97 Å². The van der Waals surface area contributed by atoms with Gasteiger partial charge in [-0.1, -0.05) is 81.8 Å². The van der Waals surface area contributed by atoms with E-state index >= 15 is 0 Å². The molecule has 252 valence electrons. The van der Waals surface area contributed by atoms with Gasteiger partial charge in [0.1, 0.15) is 0 Å². The molecule has 0 unspecified atom stereocenters. The molecule has 1 heterocycles. The van der Waals surface area contributed by atoms with Crippen LogP contribution in [0.3, 0.4) is 0 Å². The minimum atomic E-state index is -3.76. The fourth-order valence-electron chi connectivity index (χ4n) is 4.62. The molecule has 0 atom stereocenters. The van der Waals surface area contributed by atoms with E-state index in [0.717, 1.165) is 25.5 Å². The largest absolute Gasteiger partial charge is 0.351 e. The van der Waals surface area contributed by atoms with Crippen LogP contribution in [0.1, 0.15) is 32.4 Å². The summed E-state index contributed by atoms with van der Waals surface area (Å²) in [6.07, 6.45) is 0.947. The van der Waals surface area contributed by atoms with Crippen molar-refractivity contribution >= 4 is 68.5 Å². The zero-order valence-corrected chi connectivity index (χ0v) is 30.7. The Kier molecular flexibility index (Phi) is 13.8. The summed E-state index contributed by atoms with van der Waals surface area (Å²) in [5.74, 6) is 0. The highest BCUT2D eigenvalue weighted by molar-refractivity contribution is 9.10. The van der Waals surface area contributed by atoms with Gasteiger partial charge in [0, 0.05) is 33.7 Å². The van der Waals surface area contributed by atoms with Crippen molar-refractivity contribution in [2.75, 3.05) is 24.1 Å². The SMILES string of the molecule is C.CCOC(CN(c1ccc(C)c(Br)c1)S(=O)(=O)c1ccccc1)OCC.Cc1cc2ccn(S(=O)(=O)c3ccccc3)c2cc1Br. The van der Waals surface area contributed by atoms with E-state index in [9.17, 15) is 16.8 Å². The van der Waals surface area contributed by atoms with Crippen molar-refractivity contribution in [1.29, 1.82) is 0 Å². The summed E-state index contributed by atoms with van der Waals surface area (Å²) in [5, 5.41) is 0.908. The van der Waals surface area contributed by atoms with Crippen LogP contribution in [0.15, 0.2) is 122 Å². The third-order valence-corrected chi connectivity index (χ3v) is 12.3. The first-order chi connectivity index (χ1) is 21.9. The number of aryl methyl sites for hydroxylation is 2. The van der Waals surface area contributed by atoms with Crippen LogP contribution in [0, 0.1) is 13.8 Å². The van der Waals surface area contributed by atoms with Gasteiger partial charge >= 0.3 is 0 Å². The second kappa shape index (κ2) is 16.9. The number of fused-ring (bicyclic) bond motifs is 1. The molecule has 1 aromatic heterocycles. The van der Waals surface area contributed by atoms with Gasteiger partial charge in [0.2, 0.25) is 0 Å². The zero-order chi connectivity index (χ0) is 33.5. The van der Waals surface area contributed by atoms with Crippen LogP contribution in [0.2, 0.25) is 0 Å². The Bertz CT molecular complexity index is 1980. The van der Waals surface area contributed by atoms with Gasteiger partial charge in [-0.2, -0.15) is 0 Å². The topological polar surface area (TPSA) is 94.9 Å². The Morgan fingerprint density at radius 1 is 0.723 bits per heavy atom. The summed E-state index contributed by atoms with van der Waals surface area (Å²) in [6, 6.07) is 27.9. The minimum Gasteiger partial charge on any atom is -0.351 e. The first kappa shape index (κ1) is 38.4. The zero-order valence-electron chi connectivity index (χ0n) is 25.9. The van der Waals surface area contributed by atoms with Gasteiger partial charge in [0.15, 0.2) is 6.29 Å². The fraction of sp³-hybridized carbons (Fsp3) is 0.257. The van der Waals surface area contributed by atoms with E-state index < -0.39 is 26.3 Å². The maximum Gasteiger partial charge on any atom is 0.268 e. The number of benzene rings is 4. The molecule has 12 heteroatoms. The van der Waals surface area contributed by atoms with E-state index in [0.29, 0.717) is 24.4 Å². The maximum absolute atomic E-state index is 13.3. The molecule has 0 spiro atoms. The molecule has 8 nitrogen and oxygen atoms in total. The highest BCUT2D eigenvalue weighted by Crippen LogP contribution is 2.30. The van der Waals surface area contributed by atoms with E-state index in [-0.39, 0.29) is 23.8 Å². The quantitative estimate of drug-likeness (QED) is 0.124. The smallest absolute Gasteiger partial charge is 0.268 e. The van der Waals surface area contributed by atoms with Gasteiger partial charge in [0.25, 0.3) is 20.0 Å². The average Bonchev–Trinajstić information content (AvgIpc) is 3.46. The second-order valence-electron chi connectivity index (χ2n) is 10.2. The molecule has 0 aliphatic heterocycles. The molecular formula is C35H40Br2N2O6S2. The molecule has 0 fully saturated rings. The molecule has 47 heavy (non-hydrogen) atoms. The van der Waals surface area contributed by atoms with Crippen LogP contribution in [0.4, 0.5) is 5.69 Å². The Morgan fingerprint density at radius 2 is 1.28 bits per heavy atom. The highest BCUT2D eigenvalue weighted by atomic mass is 79.9. The molecule has 0 N–H and O–H groups in total. The van der Waals surface area contributed by atoms with Crippen LogP contribution in [-0.4, -0.2) is 46.9 Å². The average molecular weight is 809 g/mol. The monoisotopic (exact) mass is 806 g/mol. The summed E-state index contributed by atoms with van der Waals surface area (Å²) in [7, 11) is -7.32. The number of nitrogens with zero attached hydrogens (tertiary/aromatic N) is 2. The predicted molar refractivity (Wildman–Crippen MR) is 197 cm³/mol. The van der Waals surface area contributed by atoms with Gasteiger partial charge in [-0.05, 0) is 93.4 Å². The molecule has 0 aliphatic rings. The van der Waals surface area contributed by atoms with E-state index in [1.54, 1.807) is 79.0 Å². The molecule has 5 aromatic rings. The lowest BCUT2D eigenvalue weighted by Gasteiger charge is -2.29. The van der Waals surface area contributed by atoms with Crippen LogP contribution in [0.25, 0.3) is 10.9 Å². The van der Waals surface area contributed by atoms with E-state index in [4.69, 9.17) is 9.47 Å². The molecule has 0 saturated heterocycles. The van der Waals surface area contributed by atoms with Gasteiger partial charge in [-0.15, -0.1) is 0 Å². The lowest BCUT2D eigenvalue weighted by Crippen LogP contribution is -2.40. The number of rotatable bonds is 11. The molecule has 4 aromatic carbocycles. The normalized spacial score (nSPS) is 11.6. The highest BCUT2D eigenvalue weighted by Gasteiger charge is 2.28. The van der Waals surface area contributed by atoms with Crippen molar-refractivity contribution in [3.05, 3.63) is 123 Å². The second-order valence-corrected chi connectivity index (χ2v) is 15.6. The summed E-state index contributed by atoms with van der Waals surface area (Å²) in [5.41, 5.74) is 3.33. The number of sulfonamides is 1. The van der Waals surface area contributed by atoms with Crippen molar-refractivity contribution in [3.8, 4) is 0 Å². The fourth-order valence-corrected chi connectivity index (χ4v) is 8.15.